The van der Waals surface area contributed by atoms with Crippen LogP contribution in [0.25, 0.3) is 0 Å². The number of benzene rings is 2. The summed E-state index contributed by atoms with van der Waals surface area (Å²) >= 11 is 0. The fraction of sp³-hybridized carbons (Fsp3) is 0.364. The molecule has 2 amide bonds. The molecule has 0 radical (unpaired) electrons. The van der Waals surface area contributed by atoms with E-state index in [1.807, 2.05) is 55.4 Å². The van der Waals surface area contributed by atoms with Crippen molar-refractivity contribution in [2.24, 2.45) is 5.73 Å². The zero-order valence-corrected chi connectivity index (χ0v) is 16.5. The highest BCUT2D eigenvalue weighted by Gasteiger charge is 2.34. The van der Waals surface area contributed by atoms with Crippen molar-refractivity contribution in [3.05, 3.63) is 65.7 Å². The number of nitrogens with two attached hydrogens (primary N) is 1. The normalized spacial score (nSPS) is 17.4. The molecule has 0 bridgehead atoms. The lowest BCUT2D eigenvalue weighted by molar-refractivity contribution is -0.124. The Morgan fingerprint density at radius 3 is 2.50 bits per heavy atom. The first kappa shape index (κ1) is 19.9. The van der Waals surface area contributed by atoms with Gasteiger partial charge < -0.3 is 15.5 Å². The third kappa shape index (κ3) is 4.70. The van der Waals surface area contributed by atoms with Gasteiger partial charge in [0.25, 0.3) is 5.91 Å². The Hall–Kier alpha value is -2.86. The molecule has 0 aromatic heterocycles. The average Bonchev–Trinajstić information content (AvgIpc) is 2.72. The smallest absolute Gasteiger partial charge is 0.254 e. The number of amides is 2. The first-order valence-electron chi connectivity index (χ1n) is 9.59. The van der Waals surface area contributed by atoms with E-state index in [9.17, 15) is 9.59 Å². The molecular formula is C22H28N4O2. The van der Waals surface area contributed by atoms with E-state index in [-0.39, 0.29) is 5.91 Å². The Balaban J connectivity index is 1.68. The summed E-state index contributed by atoms with van der Waals surface area (Å²) in [5.41, 5.74) is 8.44. The fourth-order valence-corrected chi connectivity index (χ4v) is 3.54. The highest BCUT2D eigenvalue weighted by atomic mass is 16.2. The first-order valence-corrected chi connectivity index (χ1v) is 9.59. The zero-order chi connectivity index (χ0) is 20.1. The SMILES string of the molecule is CN(C)c1cccc(C(=O)N2CCN(CCc3ccccc3)C[C@@H]2C(N)=O)c1. The van der Waals surface area contributed by atoms with Crippen LogP contribution in [0, 0.1) is 0 Å². The van der Waals surface area contributed by atoms with E-state index >= 15 is 0 Å². The van der Waals surface area contributed by atoms with E-state index in [0.717, 1.165) is 25.2 Å². The van der Waals surface area contributed by atoms with E-state index in [1.165, 1.54) is 5.56 Å². The van der Waals surface area contributed by atoms with Crippen LogP contribution in [0.3, 0.4) is 0 Å². The maximum absolute atomic E-state index is 13.1. The van der Waals surface area contributed by atoms with Crippen molar-refractivity contribution in [2.75, 3.05) is 45.2 Å². The summed E-state index contributed by atoms with van der Waals surface area (Å²) in [7, 11) is 3.86. The lowest BCUT2D eigenvalue weighted by Crippen LogP contribution is -2.60. The molecule has 1 fully saturated rings. The van der Waals surface area contributed by atoms with Gasteiger partial charge in [-0.15, -0.1) is 0 Å². The predicted molar refractivity (Wildman–Crippen MR) is 111 cm³/mol. The molecule has 1 heterocycles. The van der Waals surface area contributed by atoms with Gasteiger partial charge in [-0.1, -0.05) is 36.4 Å². The van der Waals surface area contributed by atoms with Crippen LogP contribution in [0.2, 0.25) is 0 Å². The molecule has 0 unspecified atom stereocenters. The summed E-state index contributed by atoms with van der Waals surface area (Å²) in [6.07, 6.45) is 0.908. The van der Waals surface area contributed by atoms with E-state index in [0.29, 0.717) is 18.7 Å². The third-order valence-corrected chi connectivity index (χ3v) is 5.22. The largest absolute Gasteiger partial charge is 0.378 e. The molecule has 2 aromatic rings. The van der Waals surface area contributed by atoms with Gasteiger partial charge in [-0.2, -0.15) is 0 Å². The molecule has 1 atom stereocenters. The highest BCUT2D eigenvalue weighted by Crippen LogP contribution is 2.19. The zero-order valence-electron chi connectivity index (χ0n) is 16.5. The number of hydrogen-bond donors (Lipinski definition) is 1. The summed E-state index contributed by atoms with van der Waals surface area (Å²) < 4.78 is 0. The first-order chi connectivity index (χ1) is 13.5. The fourth-order valence-electron chi connectivity index (χ4n) is 3.54. The van der Waals surface area contributed by atoms with E-state index in [1.54, 1.807) is 11.0 Å². The van der Waals surface area contributed by atoms with Crippen molar-refractivity contribution >= 4 is 17.5 Å². The minimum absolute atomic E-state index is 0.143. The van der Waals surface area contributed by atoms with Crippen LogP contribution < -0.4 is 10.6 Å². The van der Waals surface area contributed by atoms with Crippen molar-refractivity contribution in [3.63, 3.8) is 0 Å². The quantitative estimate of drug-likeness (QED) is 0.827. The van der Waals surface area contributed by atoms with Gasteiger partial charge in [0.05, 0.1) is 0 Å². The average molecular weight is 380 g/mol. The van der Waals surface area contributed by atoms with Crippen LogP contribution in [-0.4, -0.2) is 67.9 Å². The molecule has 1 aliphatic rings. The Bertz CT molecular complexity index is 822. The number of nitrogens with zero attached hydrogens (tertiary/aromatic N) is 3. The molecule has 2 N–H and O–H groups in total. The molecule has 0 spiro atoms. The van der Waals surface area contributed by atoms with E-state index in [2.05, 4.69) is 17.0 Å². The third-order valence-electron chi connectivity index (χ3n) is 5.22. The Morgan fingerprint density at radius 1 is 1.07 bits per heavy atom. The second-order valence-corrected chi connectivity index (χ2v) is 7.40. The Kier molecular flexibility index (Phi) is 6.31. The van der Waals surface area contributed by atoms with Crippen molar-refractivity contribution in [2.45, 2.75) is 12.5 Å². The number of carbonyl (C=O) groups excluding carboxylic acids is 2. The van der Waals surface area contributed by atoms with Crippen molar-refractivity contribution in [3.8, 4) is 0 Å². The maximum atomic E-state index is 13.1. The summed E-state index contributed by atoms with van der Waals surface area (Å²) in [6, 6.07) is 17.1. The monoisotopic (exact) mass is 380 g/mol. The number of piperazine rings is 1. The summed E-state index contributed by atoms with van der Waals surface area (Å²) in [4.78, 5) is 30.9. The maximum Gasteiger partial charge on any atom is 0.254 e. The van der Waals surface area contributed by atoms with Crippen LogP contribution in [0.1, 0.15) is 15.9 Å². The number of rotatable bonds is 6. The Morgan fingerprint density at radius 2 is 1.82 bits per heavy atom. The van der Waals surface area contributed by atoms with Gasteiger partial charge in [-0.05, 0) is 30.2 Å². The minimum Gasteiger partial charge on any atom is -0.378 e. The molecule has 0 saturated carbocycles. The van der Waals surface area contributed by atoms with Gasteiger partial charge in [0, 0.05) is 51.5 Å². The molecule has 1 aliphatic heterocycles. The van der Waals surface area contributed by atoms with Crippen LogP contribution in [0.15, 0.2) is 54.6 Å². The van der Waals surface area contributed by atoms with Crippen molar-refractivity contribution in [1.29, 1.82) is 0 Å². The van der Waals surface area contributed by atoms with Crippen LogP contribution in [0.5, 0.6) is 0 Å². The number of anilines is 1. The Labute approximate surface area is 166 Å². The van der Waals surface area contributed by atoms with Gasteiger partial charge >= 0.3 is 0 Å². The second-order valence-electron chi connectivity index (χ2n) is 7.40. The molecule has 2 aromatic carbocycles. The van der Waals surface area contributed by atoms with Gasteiger partial charge in [0.15, 0.2) is 0 Å². The minimum atomic E-state index is -0.611. The topological polar surface area (TPSA) is 69.9 Å². The van der Waals surface area contributed by atoms with Crippen LogP contribution in [0.4, 0.5) is 5.69 Å². The molecule has 0 aliphatic carbocycles. The summed E-state index contributed by atoms with van der Waals surface area (Å²) in [5, 5.41) is 0. The summed E-state index contributed by atoms with van der Waals surface area (Å²) in [6.45, 7) is 2.54. The second kappa shape index (κ2) is 8.89. The predicted octanol–water partition coefficient (Wildman–Crippen LogP) is 1.61. The van der Waals surface area contributed by atoms with Crippen molar-refractivity contribution in [1.82, 2.24) is 9.80 Å². The molecule has 1 saturated heterocycles. The molecule has 3 rings (SSSR count). The van der Waals surface area contributed by atoms with E-state index in [4.69, 9.17) is 5.73 Å². The van der Waals surface area contributed by atoms with Gasteiger partial charge in [-0.3, -0.25) is 14.5 Å². The molecule has 28 heavy (non-hydrogen) atoms. The summed E-state index contributed by atoms with van der Waals surface area (Å²) in [5.74, 6) is -0.600. The standard InChI is InChI=1S/C22H28N4O2/c1-24(2)19-10-6-9-18(15-19)22(28)26-14-13-25(16-20(26)21(23)27)12-11-17-7-4-3-5-8-17/h3-10,15,20H,11-14,16H2,1-2H3,(H2,23,27)/t20-/m1/s1. The van der Waals surface area contributed by atoms with Crippen LogP contribution >= 0.6 is 0 Å². The van der Waals surface area contributed by atoms with Gasteiger partial charge in [0.1, 0.15) is 6.04 Å². The lowest BCUT2D eigenvalue weighted by Gasteiger charge is -2.40. The molecule has 6 heteroatoms. The number of primary amides is 1. The van der Waals surface area contributed by atoms with Gasteiger partial charge in [0.2, 0.25) is 5.91 Å². The number of carbonyl (C=O) groups is 2. The van der Waals surface area contributed by atoms with E-state index < -0.39 is 11.9 Å². The highest BCUT2D eigenvalue weighted by molar-refractivity contribution is 5.98. The lowest BCUT2D eigenvalue weighted by atomic mass is 10.1. The number of hydrogen-bond acceptors (Lipinski definition) is 4. The van der Waals surface area contributed by atoms with Crippen LogP contribution in [-0.2, 0) is 11.2 Å². The molecule has 6 nitrogen and oxygen atoms in total. The molecule has 148 valence electrons. The molecular weight excluding hydrogens is 352 g/mol. The van der Waals surface area contributed by atoms with Crippen molar-refractivity contribution < 1.29 is 9.59 Å². The van der Waals surface area contributed by atoms with Gasteiger partial charge in [-0.25, -0.2) is 0 Å².